The molecule has 0 radical (unpaired) electrons. The zero-order valence-corrected chi connectivity index (χ0v) is 15.9. The Labute approximate surface area is 161 Å². The number of aromatic nitrogens is 1. The van der Waals surface area contributed by atoms with Gasteiger partial charge in [-0.05, 0) is 24.6 Å². The van der Waals surface area contributed by atoms with E-state index < -0.39 is 0 Å². The second-order valence-corrected chi connectivity index (χ2v) is 6.65. The highest BCUT2D eigenvalue weighted by atomic mass is 16.5. The number of piperazine rings is 1. The highest BCUT2D eigenvalue weighted by molar-refractivity contribution is 5.96. The van der Waals surface area contributed by atoms with Crippen molar-refractivity contribution < 1.29 is 9.53 Å². The Morgan fingerprint density at radius 3 is 2.56 bits per heavy atom. The molecule has 1 aliphatic heterocycles. The summed E-state index contributed by atoms with van der Waals surface area (Å²) in [5.41, 5.74) is 1.85. The molecule has 1 fully saturated rings. The van der Waals surface area contributed by atoms with E-state index in [1.807, 2.05) is 6.92 Å². The van der Waals surface area contributed by atoms with E-state index in [1.165, 1.54) is 5.56 Å². The average molecular weight is 368 g/mol. The van der Waals surface area contributed by atoms with E-state index in [2.05, 4.69) is 50.4 Å². The molecule has 0 spiro atoms. The van der Waals surface area contributed by atoms with Gasteiger partial charge in [-0.15, -0.1) is 0 Å². The van der Waals surface area contributed by atoms with Gasteiger partial charge in [-0.2, -0.15) is 0 Å². The molecular weight excluding hydrogens is 340 g/mol. The van der Waals surface area contributed by atoms with Crippen molar-refractivity contribution in [1.82, 2.24) is 20.1 Å². The molecule has 0 bridgehead atoms. The standard InChI is InChI=1S/C21H28N4O2/c1-2-27-21-19(9-6-10-23-21)20(26)22-11-12-24-13-15-25(16-14-24)17-18-7-4-3-5-8-18/h3-10H,2,11-17H2,1H3,(H,22,26). The minimum Gasteiger partial charge on any atom is -0.477 e. The second kappa shape index (κ2) is 10.0. The summed E-state index contributed by atoms with van der Waals surface area (Å²) in [4.78, 5) is 21.4. The van der Waals surface area contributed by atoms with Crippen molar-refractivity contribution in [3.63, 3.8) is 0 Å². The first kappa shape index (κ1) is 19.3. The number of carbonyl (C=O) groups is 1. The van der Waals surface area contributed by atoms with Gasteiger partial charge in [0, 0.05) is 52.0 Å². The van der Waals surface area contributed by atoms with Crippen LogP contribution in [0.3, 0.4) is 0 Å². The van der Waals surface area contributed by atoms with E-state index in [4.69, 9.17) is 4.74 Å². The molecule has 0 saturated carbocycles. The van der Waals surface area contributed by atoms with Gasteiger partial charge < -0.3 is 10.1 Å². The van der Waals surface area contributed by atoms with Crippen molar-refractivity contribution in [2.75, 3.05) is 45.9 Å². The number of hydrogen-bond donors (Lipinski definition) is 1. The van der Waals surface area contributed by atoms with Crippen molar-refractivity contribution in [3.8, 4) is 5.88 Å². The Balaban J connectivity index is 1.38. The van der Waals surface area contributed by atoms with Gasteiger partial charge >= 0.3 is 0 Å². The van der Waals surface area contributed by atoms with Crippen LogP contribution in [0.1, 0.15) is 22.8 Å². The van der Waals surface area contributed by atoms with Crippen LogP contribution in [0, 0.1) is 0 Å². The smallest absolute Gasteiger partial charge is 0.256 e. The van der Waals surface area contributed by atoms with Crippen molar-refractivity contribution in [3.05, 3.63) is 59.8 Å². The SMILES string of the molecule is CCOc1ncccc1C(=O)NCCN1CCN(Cc2ccccc2)CC1. The second-order valence-electron chi connectivity index (χ2n) is 6.65. The Morgan fingerprint density at radius 2 is 1.81 bits per heavy atom. The third-order valence-corrected chi connectivity index (χ3v) is 4.72. The molecule has 1 amide bonds. The molecule has 0 atom stereocenters. The number of ether oxygens (including phenoxy) is 1. The van der Waals surface area contributed by atoms with Crippen LogP contribution in [-0.4, -0.2) is 66.6 Å². The number of hydrogen-bond acceptors (Lipinski definition) is 5. The van der Waals surface area contributed by atoms with Crippen LogP contribution >= 0.6 is 0 Å². The average Bonchev–Trinajstić information content (AvgIpc) is 2.71. The van der Waals surface area contributed by atoms with Gasteiger partial charge in [0.25, 0.3) is 5.91 Å². The summed E-state index contributed by atoms with van der Waals surface area (Å²) in [6.45, 7) is 9.03. The fraction of sp³-hybridized carbons (Fsp3) is 0.429. The van der Waals surface area contributed by atoms with Gasteiger partial charge in [0.05, 0.1) is 6.61 Å². The van der Waals surface area contributed by atoms with Crippen molar-refractivity contribution in [2.24, 2.45) is 0 Å². The molecule has 1 saturated heterocycles. The van der Waals surface area contributed by atoms with Crippen LogP contribution in [0.15, 0.2) is 48.7 Å². The predicted molar refractivity (Wildman–Crippen MR) is 106 cm³/mol. The molecular formula is C21H28N4O2. The monoisotopic (exact) mass is 368 g/mol. The molecule has 1 aliphatic rings. The molecule has 6 heteroatoms. The lowest BCUT2D eigenvalue weighted by molar-refractivity contribution is 0.0929. The van der Waals surface area contributed by atoms with Crippen molar-refractivity contribution in [2.45, 2.75) is 13.5 Å². The van der Waals surface area contributed by atoms with Crippen molar-refractivity contribution >= 4 is 5.91 Å². The van der Waals surface area contributed by atoms with E-state index in [-0.39, 0.29) is 5.91 Å². The maximum absolute atomic E-state index is 12.4. The molecule has 1 aromatic heterocycles. The first-order valence-corrected chi connectivity index (χ1v) is 9.61. The summed E-state index contributed by atoms with van der Waals surface area (Å²) in [6.07, 6.45) is 1.64. The fourth-order valence-electron chi connectivity index (χ4n) is 3.25. The van der Waals surface area contributed by atoms with Gasteiger partial charge in [0.15, 0.2) is 0 Å². The summed E-state index contributed by atoms with van der Waals surface area (Å²) in [6, 6.07) is 14.1. The van der Waals surface area contributed by atoms with Gasteiger partial charge in [0.1, 0.15) is 5.56 Å². The lowest BCUT2D eigenvalue weighted by atomic mass is 10.2. The van der Waals surface area contributed by atoms with E-state index in [9.17, 15) is 4.79 Å². The lowest BCUT2D eigenvalue weighted by Gasteiger charge is -2.34. The van der Waals surface area contributed by atoms with Crippen LogP contribution in [-0.2, 0) is 6.54 Å². The molecule has 3 rings (SSSR count). The highest BCUT2D eigenvalue weighted by Crippen LogP contribution is 2.14. The number of nitrogens with one attached hydrogen (secondary N) is 1. The van der Waals surface area contributed by atoms with E-state index in [1.54, 1.807) is 18.3 Å². The summed E-state index contributed by atoms with van der Waals surface area (Å²) >= 11 is 0. The summed E-state index contributed by atoms with van der Waals surface area (Å²) < 4.78 is 5.43. The van der Waals surface area contributed by atoms with E-state index in [0.717, 1.165) is 39.3 Å². The van der Waals surface area contributed by atoms with Crippen LogP contribution in [0.4, 0.5) is 0 Å². The molecule has 144 valence electrons. The van der Waals surface area contributed by atoms with Crippen LogP contribution in [0.5, 0.6) is 5.88 Å². The van der Waals surface area contributed by atoms with E-state index in [0.29, 0.717) is 24.6 Å². The number of benzene rings is 1. The summed E-state index contributed by atoms with van der Waals surface area (Å²) in [5.74, 6) is 0.265. The number of nitrogens with zero attached hydrogens (tertiary/aromatic N) is 3. The Morgan fingerprint density at radius 1 is 1.07 bits per heavy atom. The number of rotatable bonds is 8. The molecule has 1 N–H and O–H groups in total. The zero-order chi connectivity index (χ0) is 18.9. The third-order valence-electron chi connectivity index (χ3n) is 4.72. The molecule has 2 aromatic rings. The van der Waals surface area contributed by atoms with E-state index >= 15 is 0 Å². The quantitative estimate of drug-likeness (QED) is 0.773. The topological polar surface area (TPSA) is 57.7 Å². The Bertz CT molecular complexity index is 715. The van der Waals surface area contributed by atoms with Gasteiger partial charge in [-0.25, -0.2) is 4.98 Å². The number of amides is 1. The molecule has 0 aliphatic carbocycles. The first-order chi connectivity index (χ1) is 13.3. The van der Waals surface area contributed by atoms with Crippen LogP contribution < -0.4 is 10.1 Å². The summed E-state index contributed by atoms with van der Waals surface area (Å²) in [5, 5.41) is 2.98. The first-order valence-electron chi connectivity index (χ1n) is 9.61. The lowest BCUT2D eigenvalue weighted by Crippen LogP contribution is -2.48. The van der Waals surface area contributed by atoms with Crippen LogP contribution in [0.2, 0.25) is 0 Å². The highest BCUT2D eigenvalue weighted by Gasteiger charge is 2.17. The Kier molecular flexibility index (Phi) is 7.19. The summed E-state index contributed by atoms with van der Waals surface area (Å²) in [7, 11) is 0. The Hall–Kier alpha value is -2.44. The molecule has 1 aromatic carbocycles. The van der Waals surface area contributed by atoms with Gasteiger partial charge in [0.2, 0.25) is 5.88 Å². The number of pyridine rings is 1. The number of carbonyl (C=O) groups excluding carboxylic acids is 1. The maximum Gasteiger partial charge on any atom is 0.256 e. The molecule has 0 unspecified atom stereocenters. The third kappa shape index (κ3) is 5.77. The minimum absolute atomic E-state index is 0.130. The predicted octanol–water partition coefficient (Wildman–Crippen LogP) is 2.03. The van der Waals surface area contributed by atoms with Gasteiger partial charge in [-0.1, -0.05) is 30.3 Å². The molecule has 27 heavy (non-hydrogen) atoms. The van der Waals surface area contributed by atoms with Crippen molar-refractivity contribution in [1.29, 1.82) is 0 Å². The maximum atomic E-state index is 12.4. The normalized spacial score (nSPS) is 15.4. The fourth-order valence-corrected chi connectivity index (χ4v) is 3.25. The zero-order valence-electron chi connectivity index (χ0n) is 15.9. The van der Waals surface area contributed by atoms with Crippen LogP contribution in [0.25, 0.3) is 0 Å². The minimum atomic E-state index is -0.130. The molecule has 2 heterocycles. The molecule has 6 nitrogen and oxygen atoms in total. The largest absolute Gasteiger partial charge is 0.477 e. The van der Waals surface area contributed by atoms with Gasteiger partial charge in [-0.3, -0.25) is 14.6 Å².